The van der Waals surface area contributed by atoms with Crippen molar-refractivity contribution in [3.05, 3.63) is 64.6 Å². The van der Waals surface area contributed by atoms with Crippen molar-refractivity contribution < 1.29 is 16.8 Å². The van der Waals surface area contributed by atoms with E-state index in [9.17, 15) is 16.8 Å². The van der Waals surface area contributed by atoms with Crippen molar-refractivity contribution in [2.45, 2.75) is 10.6 Å². The minimum atomic E-state index is -3.98. The lowest BCUT2D eigenvalue weighted by molar-refractivity contribution is 0.431. The summed E-state index contributed by atoms with van der Waals surface area (Å²) in [6.07, 6.45) is 0. The van der Waals surface area contributed by atoms with Crippen molar-refractivity contribution in [2.24, 2.45) is 0 Å². The molecule has 0 radical (unpaired) electrons. The Morgan fingerprint density at radius 1 is 0.957 bits per heavy atom. The summed E-state index contributed by atoms with van der Waals surface area (Å²) >= 11 is 3.21. The van der Waals surface area contributed by atoms with Gasteiger partial charge in [-0.3, -0.25) is 0 Å². The maximum atomic E-state index is 12.3. The van der Waals surface area contributed by atoms with E-state index in [0.29, 0.717) is 9.98 Å². The van der Waals surface area contributed by atoms with Gasteiger partial charge in [0.1, 0.15) is 0 Å². The molecule has 0 aliphatic rings. The smallest absolute Gasteiger partial charge is 0.211 e. The van der Waals surface area contributed by atoms with Gasteiger partial charge in [0.05, 0.1) is 10.6 Å². The van der Waals surface area contributed by atoms with E-state index in [1.165, 1.54) is 12.1 Å². The molecule has 0 spiro atoms. The third-order valence-corrected chi connectivity index (χ3v) is 6.66. The molecule has 0 amide bonds. The third-order valence-electron chi connectivity index (χ3n) is 2.98. The number of sulfonamides is 2. The monoisotopic (exact) mass is 418 g/mol. The van der Waals surface area contributed by atoms with Crippen LogP contribution in [0.3, 0.4) is 0 Å². The predicted octanol–water partition coefficient (Wildman–Crippen LogP) is 2.10. The van der Waals surface area contributed by atoms with E-state index in [1.54, 1.807) is 42.5 Å². The molecular formula is C14H15BrN2O4S2. The Morgan fingerprint density at radius 2 is 1.52 bits per heavy atom. The van der Waals surface area contributed by atoms with Crippen LogP contribution in [0.15, 0.2) is 64.0 Å². The lowest BCUT2D eigenvalue weighted by Crippen LogP contribution is -2.43. The molecule has 0 bridgehead atoms. The molecule has 0 aromatic heterocycles. The number of benzene rings is 2. The predicted molar refractivity (Wildman–Crippen MR) is 91.3 cm³/mol. The molecule has 2 aromatic rings. The van der Waals surface area contributed by atoms with Crippen molar-refractivity contribution >= 4 is 36.0 Å². The molecule has 0 atom stereocenters. The number of nitrogens with one attached hydrogen (secondary N) is 1. The summed E-state index contributed by atoms with van der Waals surface area (Å²) in [6, 6.07) is 14.4. The fourth-order valence-corrected chi connectivity index (χ4v) is 4.53. The summed E-state index contributed by atoms with van der Waals surface area (Å²) in [6.45, 7) is 0. The zero-order chi connectivity index (χ0) is 17.1. The maximum absolute atomic E-state index is 12.3. The Kier molecular flexibility index (Phi) is 5.58. The van der Waals surface area contributed by atoms with Gasteiger partial charge in [-0.05, 0) is 29.8 Å². The summed E-state index contributed by atoms with van der Waals surface area (Å²) < 4.78 is 50.3. The standard InChI is InChI=1S/C14H15BrN2O4S2/c1-17(22(18,19)11-12-5-3-2-4-6-12)16-23(20,21)14-9-7-13(15)8-10-14/h2-10,16H,11H2,1H3. The average molecular weight is 419 g/mol. The van der Waals surface area contributed by atoms with Gasteiger partial charge in [-0.2, -0.15) is 0 Å². The Labute approximate surface area is 144 Å². The van der Waals surface area contributed by atoms with Crippen molar-refractivity contribution in [2.75, 3.05) is 7.05 Å². The number of rotatable bonds is 6. The molecule has 0 saturated carbocycles. The van der Waals surface area contributed by atoms with Crippen LogP contribution in [0.2, 0.25) is 0 Å². The van der Waals surface area contributed by atoms with Gasteiger partial charge in [0.25, 0.3) is 10.0 Å². The Hall–Kier alpha value is -1.26. The van der Waals surface area contributed by atoms with Gasteiger partial charge in [0.15, 0.2) is 0 Å². The first-order valence-corrected chi connectivity index (χ1v) is 10.4. The molecule has 2 rings (SSSR count). The fourth-order valence-electron chi connectivity index (χ4n) is 1.77. The Balaban J connectivity index is 2.16. The number of hydrogen-bond acceptors (Lipinski definition) is 4. The zero-order valence-corrected chi connectivity index (χ0v) is 15.4. The maximum Gasteiger partial charge on any atom is 0.254 e. The molecule has 124 valence electrons. The van der Waals surface area contributed by atoms with Crippen LogP contribution in [-0.2, 0) is 25.8 Å². The van der Waals surface area contributed by atoms with E-state index < -0.39 is 20.0 Å². The summed E-state index contributed by atoms with van der Waals surface area (Å²) in [5, 5.41) is 0. The number of hydrazine groups is 1. The van der Waals surface area contributed by atoms with Crippen LogP contribution < -0.4 is 4.83 Å². The van der Waals surface area contributed by atoms with Gasteiger partial charge in [0.2, 0.25) is 10.0 Å². The molecule has 1 N–H and O–H groups in total. The van der Waals surface area contributed by atoms with Crippen LogP contribution in [0.5, 0.6) is 0 Å². The van der Waals surface area contributed by atoms with E-state index in [0.717, 1.165) is 11.5 Å². The van der Waals surface area contributed by atoms with E-state index in [-0.39, 0.29) is 10.6 Å². The van der Waals surface area contributed by atoms with Gasteiger partial charge < -0.3 is 0 Å². The fraction of sp³-hybridized carbons (Fsp3) is 0.143. The normalized spacial score (nSPS) is 12.5. The molecular weight excluding hydrogens is 404 g/mol. The van der Waals surface area contributed by atoms with Gasteiger partial charge in [0, 0.05) is 11.5 Å². The largest absolute Gasteiger partial charge is 0.254 e. The van der Waals surface area contributed by atoms with Crippen LogP contribution in [0.1, 0.15) is 5.56 Å². The average Bonchev–Trinajstić information content (AvgIpc) is 2.47. The summed E-state index contributed by atoms with van der Waals surface area (Å²) in [4.78, 5) is 2.03. The molecule has 9 heteroatoms. The van der Waals surface area contributed by atoms with E-state index in [1.807, 2.05) is 0 Å². The van der Waals surface area contributed by atoms with Crippen molar-refractivity contribution in [3.8, 4) is 0 Å². The number of halogens is 1. The third kappa shape index (κ3) is 4.85. The lowest BCUT2D eigenvalue weighted by Gasteiger charge is -2.18. The first-order chi connectivity index (χ1) is 10.7. The van der Waals surface area contributed by atoms with Crippen LogP contribution in [-0.4, -0.2) is 28.3 Å². The highest BCUT2D eigenvalue weighted by Crippen LogP contribution is 2.15. The van der Waals surface area contributed by atoms with Crippen molar-refractivity contribution in [1.29, 1.82) is 0 Å². The van der Waals surface area contributed by atoms with Crippen LogP contribution in [0.4, 0.5) is 0 Å². The Bertz CT molecular complexity index is 867. The second-order valence-corrected chi connectivity index (χ2v) is 9.33. The van der Waals surface area contributed by atoms with Crippen molar-refractivity contribution in [3.63, 3.8) is 0 Å². The molecule has 0 aliphatic heterocycles. The second-order valence-electron chi connectivity index (χ2n) is 4.76. The SMILES string of the molecule is CN(NS(=O)(=O)c1ccc(Br)cc1)S(=O)(=O)Cc1ccccc1. The zero-order valence-electron chi connectivity index (χ0n) is 12.2. The molecule has 0 aliphatic carbocycles. The molecule has 6 nitrogen and oxygen atoms in total. The first-order valence-electron chi connectivity index (χ1n) is 6.49. The second kappa shape index (κ2) is 7.10. The van der Waals surface area contributed by atoms with Crippen LogP contribution in [0, 0.1) is 0 Å². The Morgan fingerprint density at radius 3 is 2.09 bits per heavy atom. The highest BCUT2D eigenvalue weighted by Gasteiger charge is 2.24. The highest BCUT2D eigenvalue weighted by atomic mass is 79.9. The van der Waals surface area contributed by atoms with Gasteiger partial charge in [-0.1, -0.05) is 46.3 Å². The van der Waals surface area contributed by atoms with Gasteiger partial charge in [-0.25, -0.2) is 16.8 Å². The topological polar surface area (TPSA) is 83.6 Å². The van der Waals surface area contributed by atoms with E-state index in [4.69, 9.17) is 0 Å². The molecule has 2 aromatic carbocycles. The quantitative estimate of drug-likeness (QED) is 0.727. The summed E-state index contributed by atoms with van der Waals surface area (Å²) in [5.74, 6) is -0.298. The van der Waals surface area contributed by atoms with Gasteiger partial charge in [-0.15, -0.1) is 9.25 Å². The van der Waals surface area contributed by atoms with Crippen molar-refractivity contribution in [1.82, 2.24) is 9.25 Å². The molecule has 0 heterocycles. The van der Waals surface area contributed by atoms with E-state index in [2.05, 4.69) is 20.8 Å². The number of nitrogens with zero attached hydrogens (tertiary/aromatic N) is 1. The van der Waals surface area contributed by atoms with Gasteiger partial charge >= 0.3 is 0 Å². The minimum Gasteiger partial charge on any atom is -0.211 e. The summed E-state index contributed by atoms with van der Waals surface area (Å²) in [7, 11) is -6.64. The minimum absolute atomic E-state index is 0.0255. The van der Waals surface area contributed by atoms with E-state index >= 15 is 0 Å². The van der Waals surface area contributed by atoms with Crippen LogP contribution >= 0.6 is 15.9 Å². The highest BCUT2D eigenvalue weighted by molar-refractivity contribution is 9.10. The molecule has 0 fully saturated rings. The number of hydrogen-bond donors (Lipinski definition) is 1. The first kappa shape index (κ1) is 18.1. The molecule has 0 unspecified atom stereocenters. The molecule has 0 saturated heterocycles. The van der Waals surface area contributed by atoms with Crippen LogP contribution in [0.25, 0.3) is 0 Å². The lowest BCUT2D eigenvalue weighted by atomic mass is 10.2. The summed E-state index contributed by atoms with van der Waals surface area (Å²) in [5.41, 5.74) is 0.571. The molecule has 23 heavy (non-hydrogen) atoms.